The van der Waals surface area contributed by atoms with Crippen molar-refractivity contribution < 1.29 is 178 Å². The Bertz CT molecular complexity index is 2060. The van der Waals surface area contributed by atoms with Crippen molar-refractivity contribution in [1.29, 1.82) is 0 Å². The fourth-order valence-electron chi connectivity index (χ4n) is 10.6. The van der Waals surface area contributed by atoms with Gasteiger partial charge >= 0.3 is 0 Å². The van der Waals surface area contributed by atoms with Gasteiger partial charge in [0.15, 0.2) is 44.0 Å². The molecule has 0 unspecified atom stereocenters. The van der Waals surface area contributed by atoms with Gasteiger partial charge in [-0.3, -0.25) is 9.59 Å². The van der Waals surface area contributed by atoms with Crippen LogP contribution in [0.5, 0.6) is 0 Å². The SMILES string of the molecule is CC(=O)N[C@@H]1[C@@H](O)[C@H](O[C@@H]2O[C@H](CO)[C@@H](O[C@@H]3O[C@H](CO[C@H]4O[C@H](CO)[C@@H](O)[C@H](O[C@@H]5O[C@H](CO)[C@@H](O)[C@H](O)[C@@H]5O)[C@@H]4O)[C@@H](O)[C@H](O[C@@H]4O[C@H](CO[C@H]5O[C@H](CO)[C@@H](O)[C@H](O)[C@@H]5O)[C@@H](O)[C@H](O)[C@@H]4O)[C@@H]3O)[C@H](O)[C@H]2NC(C)=O)[C@@H](CO)O[C@H]1O. The zero-order chi connectivity index (χ0) is 61.9. The van der Waals surface area contributed by atoms with Crippen LogP contribution < -0.4 is 10.6 Å². The van der Waals surface area contributed by atoms with Crippen LogP contribution in [0.1, 0.15) is 13.8 Å². The predicted octanol–water partition coefficient (Wildman–Crippen LogP) is -16.0. The Morgan fingerprint density at radius 3 is 1.07 bits per heavy atom. The van der Waals surface area contributed by atoms with Gasteiger partial charge in [-0.05, 0) is 0 Å². The van der Waals surface area contributed by atoms with E-state index in [0.29, 0.717) is 0 Å². The molecule has 0 bridgehead atoms. The third-order valence-corrected chi connectivity index (χ3v) is 15.3. The minimum Gasteiger partial charge on any atom is -0.394 e. The second-order valence-electron chi connectivity index (χ2n) is 21.1. The molecule has 7 heterocycles. The molecule has 0 aromatic carbocycles. The van der Waals surface area contributed by atoms with E-state index in [0.717, 1.165) is 13.8 Å². The van der Waals surface area contributed by atoms with Gasteiger partial charge in [0.25, 0.3) is 0 Å². The highest BCUT2D eigenvalue weighted by molar-refractivity contribution is 5.73. The lowest BCUT2D eigenvalue weighted by Crippen LogP contribution is -2.70. The quantitative estimate of drug-likeness (QED) is 0.0507. The molecule has 0 saturated carbocycles. The molecule has 2 amide bonds. The minimum atomic E-state index is -2.38. The molecule has 488 valence electrons. The highest BCUT2D eigenvalue weighted by Gasteiger charge is 2.58. The second kappa shape index (κ2) is 29.9. The van der Waals surface area contributed by atoms with Crippen LogP contribution in [0.15, 0.2) is 0 Å². The summed E-state index contributed by atoms with van der Waals surface area (Å²) in [5.74, 6) is -1.61. The molecule has 35 atom stereocenters. The van der Waals surface area contributed by atoms with Crippen molar-refractivity contribution in [2.75, 3.05) is 46.2 Å². The molecule has 7 saturated heterocycles. The topological polar surface area (TPSA) is 603 Å². The van der Waals surface area contributed by atoms with Crippen LogP contribution in [0.4, 0.5) is 0 Å². The highest BCUT2D eigenvalue weighted by Crippen LogP contribution is 2.37. The summed E-state index contributed by atoms with van der Waals surface area (Å²) < 4.78 is 74.0. The van der Waals surface area contributed by atoms with Crippen LogP contribution in [-0.2, 0) is 71.2 Å². The van der Waals surface area contributed by atoms with Crippen LogP contribution in [0.2, 0.25) is 0 Å². The standard InChI is InChI=1S/C46H78N2O36/c1-10(54)47-19-26(61)36(15(6-52)74-40(19)71)81-41-20(48-11(2)55)27(62)37(16(7-53)78-41)82-46-35(70)39(84-45-33(68)30(65)23(58)17(79-45)8-72-42-31(66)28(63)21(56)12(3-49)75-42)25(60)18(80-46)9-73-43-34(69)38(24(59)14(5-51)76-43)83-44-32(67)29(64)22(57)13(4-50)77-44/h12-46,49-53,56-71H,3-9H2,1-2H3,(H,47,54)(H,48,55)/t12-,13-,14-,15-,16-,17-,18-,19-,20-,21-,22-,23-,24-,25-,26-,27-,28+,29+,30+,31+,32+,33+,34+,35+,36-,37-,38+,39+,40-,41+,42+,43+,44+,45+,46+/m1/s1. The number of amides is 2. The van der Waals surface area contributed by atoms with Crippen molar-refractivity contribution >= 4 is 11.8 Å². The molecular weight excluding hydrogens is 1160 g/mol. The van der Waals surface area contributed by atoms with Gasteiger partial charge in [-0.25, -0.2) is 0 Å². The lowest BCUT2D eigenvalue weighted by molar-refractivity contribution is -0.388. The van der Waals surface area contributed by atoms with E-state index >= 15 is 0 Å². The van der Waals surface area contributed by atoms with E-state index in [1.807, 2.05) is 0 Å². The molecule has 0 aromatic heterocycles. The maximum atomic E-state index is 12.7. The maximum Gasteiger partial charge on any atom is 0.217 e. The van der Waals surface area contributed by atoms with E-state index in [4.69, 9.17) is 61.6 Å². The van der Waals surface area contributed by atoms with Crippen molar-refractivity contribution in [3.05, 3.63) is 0 Å². The smallest absolute Gasteiger partial charge is 0.217 e. The Morgan fingerprint density at radius 2 is 0.607 bits per heavy atom. The van der Waals surface area contributed by atoms with Crippen molar-refractivity contribution in [3.63, 3.8) is 0 Å². The first-order valence-electron chi connectivity index (χ1n) is 26.6. The Hall–Kier alpha value is -2.42. The first kappa shape index (κ1) is 69.1. The monoisotopic (exact) mass is 1230 g/mol. The van der Waals surface area contributed by atoms with Crippen molar-refractivity contribution in [2.45, 2.75) is 229 Å². The van der Waals surface area contributed by atoms with Gasteiger partial charge in [-0.1, -0.05) is 0 Å². The number of ether oxygens (including phenoxy) is 13. The van der Waals surface area contributed by atoms with Crippen LogP contribution in [0.25, 0.3) is 0 Å². The van der Waals surface area contributed by atoms with Gasteiger partial charge in [0, 0.05) is 13.8 Å². The summed E-state index contributed by atoms with van der Waals surface area (Å²) in [6, 6.07) is -3.38. The van der Waals surface area contributed by atoms with E-state index in [1.54, 1.807) is 0 Å². The Kier molecular flexibility index (Phi) is 24.6. The summed E-state index contributed by atoms with van der Waals surface area (Å²) in [5, 5.41) is 231. The first-order valence-corrected chi connectivity index (χ1v) is 26.6. The van der Waals surface area contributed by atoms with Gasteiger partial charge in [0.05, 0.1) is 46.2 Å². The number of hydrogen-bond donors (Lipinski definition) is 23. The molecule has 7 fully saturated rings. The first-order chi connectivity index (χ1) is 39.7. The largest absolute Gasteiger partial charge is 0.394 e. The molecule has 7 aliphatic rings. The average molecular weight is 1240 g/mol. The summed E-state index contributed by atoms with van der Waals surface area (Å²) in [7, 11) is 0. The average Bonchev–Trinajstić information content (AvgIpc) is 3.08. The Morgan fingerprint density at radius 1 is 0.310 bits per heavy atom. The molecule has 0 aromatic rings. The molecule has 38 heteroatoms. The summed E-state index contributed by atoms with van der Waals surface area (Å²) >= 11 is 0. The lowest BCUT2D eigenvalue weighted by Gasteiger charge is -2.50. The summed E-state index contributed by atoms with van der Waals surface area (Å²) in [4.78, 5) is 24.6. The van der Waals surface area contributed by atoms with Crippen molar-refractivity contribution in [2.24, 2.45) is 0 Å². The van der Waals surface area contributed by atoms with Crippen molar-refractivity contribution in [1.82, 2.24) is 10.6 Å². The van der Waals surface area contributed by atoms with Gasteiger partial charge in [0.1, 0.15) is 171 Å². The van der Waals surface area contributed by atoms with Gasteiger partial charge in [0.2, 0.25) is 11.8 Å². The van der Waals surface area contributed by atoms with Gasteiger partial charge < -0.3 is 179 Å². The van der Waals surface area contributed by atoms with Gasteiger partial charge in [-0.2, -0.15) is 0 Å². The zero-order valence-corrected chi connectivity index (χ0v) is 44.7. The molecule has 0 aliphatic carbocycles. The third-order valence-electron chi connectivity index (χ3n) is 15.3. The molecule has 84 heavy (non-hydrogen) atoms. The summed E-state index contributed by atoms with van der Waals surface area (Å²) in [6.07, 6.45) is -64.7. The number of aliphatic hydroxyl groups is 21. The molecule has 7 aliphatic heterocycles. The predicted molar refractivity (Wildman–Crippen MR) is 255 cm³/mol. The minimum absolute atomic E-state index is 0.740. The highest BCUT2D eigenvalue weighted by atomic mass is 16.8. The van der Waals surface area contributed by atoms with E-state index < -0.39 is 273 Å². The van der Waals surface area contributed by atoms with E-state index in [-0.39, 0.29) is 0 Å². The number of carbonyl (C=O) groups excluding carboxylic acids is 2. The number of carbonyl (C=O) groups is 2. The molecule has 23 N–H and O–H groups in total. The summed E-state index contributed by atoms with van der Waals surface area (Å²) in [6.45, 7) is -4.69. The molecule has 7 rings (SSSR count). The molecular formula is C46H78N2O36. The summed E-state index contributed by atoms with van der Waals surface area (Å²) in [5.41, 5.74) is 0. The number of rotatable bonds is 21. The number of aliphatic hydroxyl groups excluding tert-OH is 21. The van der Waals surface area contributed by atoms with E-state index in [9.17, 15) is 117 Å². The second-order valence-corrected chi connectivity index (χ2v) is 21.1. The van der Waals surface area contributed by atoms with Crippen LogP contribution in [-0.4, -0.2) is 380 Å². The Labute approximate surface area is 475 Å². The normalized spacial score (nSPS) is 50.3. The fraction of sp³-hybridized carbons (Fsp3) is 0.957. The lowest BCUT2D eigenvalue weighted by atomic mass is 9.94. The van der Waals surface area contributed by atoms with Crippen LogP contribution >= 0.6 is 0 Å². The van der Waals surface area contributed by atoms with Gasteiger partial charge in [-0.15, -0.1) is 0 Å². The maximum absolute atomic E-state index is 12.7. The zero-order valence-electron chi connectivity index (χ0n) is 44.7. The van der Waals surface area contributed by atoms with E-state index in [1.165, 1.54) is 0 Å². The van der Waals surface area contributed by atoms with Crippen LogP contribution in [0, 0.1) is 0 Å². The van der Waals surface area contributed by atoms with Crippen molar-refractivity contribution in [3.8, 4) is 0 Å². The number of hydrogen-bond acceptors (Lipinski definition) is 36. The molecule has 0 radical (unpaired) electrons. The third kappa shape index (κ3) is 14.9. The molecule has 38 nitrogen and oxygen atoms in total. The molecule has 0 spiro atoms. The fourth-order valence-corrected chi connectivity index (χ4v) is 10.6. The Balaban J connectivity index is 1.15. The number of nitrogens with one attached hydrogen (secondary N) is 2. The van der Waals surface area contributed by atoms with Crippen LogP contribution in [0.3, 0.4) is 0 Å². The van der Waals surface area contributed by atoms with E-state index in [2.05, 4.69) is 10.6 Å².